The highest BCUT2D eigenvalue weighted by molar-refractivity contribution is 5.95. The highest BCUT2D eigenvalue weighted by Gasteiger charge is 2.38. The fourth-order valence-electron chi connectivity index (χ4n) is 2.23. The third-order valence-corrected chi connectivity index (χ3v) is 3.59. The van der Waals surface area contributed by atoms with Crippen LogP contribution in [0.25, 0.3) is 0 Å². The summed E-state index contributed by atoms with van der Waals surface area (Å²) >= 11 is 0. The maximum atomic E-state index is 12.2. The van der Waals surface area contributed by atoms with E-state index in [1.807, 2.05) is 6.07 Å². The number of nitrogens with one attached hydrogen (secondary N) is 3. The summed E-state index contributed by atoms with van der Waals surface area (Å²) in [7, 11) is 0. The maximum Gasteiger partial charge on any atom is 0.267 e. The predicted octanol–water partition coefficient (Wildman–Crippen LogP) is 1.64. The van der Waals surface area contributed by atoms with Crippen molar-refractivity contribution in [2.75, 3.05) is 11.9 Å². The van der Waals surface area contributed by atoms with Gasteiger partial charge in [0.25, 0.3) is 11.9 Å². The fourth-order valence-corrected chi connectivity index (χ4v) is 2.23. The molecule has 3 rings (SSSR count). The van der Waals surface area contributed by atoms with Gasteiger partial charge in [0.05, 0.1) is 0 Å². The molecule has 0 saturated heterocycles. The van der Waals surface area contributed by atoms with Crippen molar-refractivity contribution in [1.82, 2.24) is 25.9 Å². The summed E-state index contributed by atoms with van der Waals surface area (Å²) < 4.78 is 0. The summed E-state index contributed by atoms with van der Waals surface area (Å²) in [5, 5.41) is 27.3. The van der Waals surface area contributed by atoms with Gasteiger partial charge in [-0.25, -0.2) is 0 Å². The van der Waals surface area contributed by atoms with E-state index in [1.165, 1.54) is 0 Å². The maximum absolute atomic E-state index is 12.2. The molecular formula is C15H16N8O. The van der Waals surface area contributed by atoms with Gasteiger partial charge in [0, 0.05) is 37.1 Å². The lowest BCUT2D eigenvalue weighted by molar-refractivity contribution is 0.0952. The van der Waals surface area contributed by atoms with Crippen LogP contribution < -0.4 is 10.6 Å². The van der Waals surface area contributed by atoms with Gasteiger partial charge in [0.1, 0.15) is 0 Å². The van der Waals surface area contributed by atoms with Crippen LogP contribution >= 0.6 is 0 Å². The van der Waals surface area contributed by atoms with E-state index in [4.69, 9.17) is 6.42 Å². The molecule has 1 aromatic carbocycles. The average molecular weight is 324 g/mol. The van der Waals surface area contributed by atoms with Crippen LogP contribution in [-0.2, 0) is 0 Å². The first-order valence-electron chi connectivity index (χ1n) is 7.47. The van der Waals surface area contributed by atoms with Crippen LogP contribution in [-0.4, -0.2) is 38.7 Å². The molecule has 1 amide bonds. The van der Waals surface area contributed by atoms with Crippen molar-refractivity contribution in [3.8, 4) is 12.3 Å². The monoisotopic (exact) mass is 324 g/mol. The Bertz CT molecular complexity index is 771. The molecule has 1 aromatic heterocycles. The largest absolute Gasteiger partial charge is 0.352 e. The molecule has 0 spiro atoms. The summed E-state index contributed by atoms with van der Waals surface area (Å²) in [6.07, 6.45) is 7.26. The number of aromatic amines is 1. The Hall–Kier alpha value is -3.28. The molecule has 0 aliphatic carbocycles. The minimum absolute atomic E-state index is 0.167. The lowest BCUT2D eigenvalue weighted by Crippen LogP contribution is -2.28. The summed E-state index contributed by atoms with van der Waals surface area (Å²) in [4.78, 5) is 12.2. The molecule has 122 valence electrons. The Balaban J connectivity index is 1.51. The van der Waals surface area contributed by atoms with Gasteiger partial charge in [-0.2, -0.15) is 15.4 Å². The number of H-pyrrole nitrogens is 1. The van der Waals surface area contributed by atoms with Crippen molar-refractivity contribution in [3.63, 3.8) is 0 Å². The minimum atomic E-state index is -0.387. The lowest BCUT2D eigenvalue weighted by Gasteiger charge is -2.10. The molecule has 0 bridgehead atoms. The quantitative estimate of drug-likeness (QED) is 0.637. The van der Waals surface area contributed by atoms with Crippen molar-refractivity contribution in [2.45, 2.75) is 24.9 Å². The smallest absolute Gasteiger partial charge is 0.267 e. The molecule has 3 N–H and O–H groups in total. The van der Waals surface area contributed by atoms with Crippen LogP contribution in [0.2, 0.25) is 0 Å². The second-order valence-corrected chi connectivity index (χ2v) is 5.33. The van der Waals surface area contributed by atoms with Gasteiger partial charge in [0.15, 0.2) is 5.66 Å². The van der Waals surface area contributed by atoms with E-state index in [0.717, 1.165) is 6.42 Å². The molecule has 0 atom stereocenters. The van der Waals surface area contributed by atoms with E-state index < -0.39 is 0 Å². The minimum Gasteiger partial charge on any atom is -0.352 e. The van der Waals surface area contributed by atoms with Gasteiger partial charge < -0.3 is 10.6 Å². The zero-order valence-electron chi connectivity index (χ0n) is 12.9. The first-order valence-corrected chi connectivity index (χ1v) is 7.47. The molecule has 2 aromatic rings. The molecule has 9 heteroatoms. The number of terminal acetylenes is 1. The third-order valence-electron chi connectivity index (χ3n) is 3.59. The topological polar surface area (TPSA) is 120 Å². The number of hydrogen-bond donors (Lipinski definition) is 3. The van der Waals surface area contributed by atoms with Crippen LogP contribution in [0.15, 0.2) is 34.5 Å². The molecule has 0 unspecified atom stereocenters. The molecule has 1 aliphatic heterocycles. The van der Waals surface area contributed by atoms with Crippen molar-refractivity contribution in [1.29, 1.82) is 0 Å². The predicted molar refractivity (Wildman–Crippen MR) is 86.5 cm³/mol. The number of carbonyl (C=O) groups excluding carboxylic acids is 1. The van der Waals surface area contributed by atoms with Crippen LogP contribution in [0.1, 0.15) is 29.6 Å². The van der Waals surface area contributed by atoms with E-state index in [-0.39, 0.29) is 11.6 Å². The standard InChI is InChI=1S/C15H16N8O/c1-2-3-7-15(20-21-15)8-9-16-13(24)11-5-4-6-12(10-11)17-14-18-22-23-19-14/h1,4-6,10H,3,7-9H2,(H,16,24)(H2,17,18,19,22,23). The molecule has 0 saturated carbocycles. The Kier molecular flexibility index (Phi) is 4.47. The van der Waals surface area contributed by atoms with Gasteiger partial charge in [-0.15, -0.1) is 17.4 Å². The number of amides is 1. The van der Waals surface area contributed by atoms with E-state index in [0.29, 0.717) is 36.6 Å². The zero-order chi connectivity index (χ0) is 16.8. The normalized spacial score (nSPS) is 14.0. The molecule has 0 radical (unpaired) electrons. The molecule has 0 fully saturated rings. The molecule has 24 heavy (non-hydrogen) atoms. The Morgan fingerprint density at radius 3 is 2.92 bits per heavy atom. The summed E-state index contributed by atoms with van der Waals surface area (Å²) in [6, 6.07) is 7.03. The number of anilines is 2. The van der Waals surface area contributed by atoms with Gasteiger partial charge >= 0.3 is 0 Å². The fraction of sp³-hybridized carbons (Fsp3) is 0.333. The Morgan fingerprint density at radius 2 is 2.21 bits per heavy atom. The Labute approximate surface area is 138 Å². The number of tetrazole rings is 1. The summed E-state index contributed by atoms with van der Waals surface area (Å²) in [6.45, 7) is 0.485. The van der Waals surface area contributed by atoms with E-state index in [1.54, 1.807) is 18.2 Å². The van der Waals surface area contributed by atoms with Crippen molar-refractivity contribution < 1.29 is 4.79 Å². The Morgan fingerprint density at radius 1 is 1.33 bits per heavy atom. The number of benzene rings is 1. The average Bonchev–Trinajstić information content (AvgIpc) is 3.18. The van der Waals surface area contributed by atoms with E-state index >= 15 is 0 Å². The van der Waals surface area contributed by atoms with Gasteiger partial charge in [-0.1, -0.05) is 11.2 Å². The van der Waals surface area contributed by atoms with Crippen LogP contribution in [0.3, 0.4) is 0 Å². The van der Waals surface area contributed by atoms with Crippen molar-refractivity contribution >= 4 is 17.5 Å². The first-order chi connectivity index (χ1) is 11.7. The molecule has 9 nitrogen and oxygen atoms in total. The van der Waals surface area contributed by atoms with Gasteiger partial charge in [-0.3, -0.25) is 4.79 Å². The molecule has 2 heterocycles. The lowest BCUT2D eigenvalue weighted by atomic mass is 10.0. The number of rotatable bonds is 8. The van der Waals surface area contributed by atoms with E-state index in [2.05, 4.69) is 47.4 Å². The highest BCUT2D eigenvalue weighted by atomic mass is 16.1. The van der Waals surface area contributed by atoms with Gasteiger partial charge in [0.2, 0.25) is 0 Å². The zero-order valence-corrected chi connectivity index (χ0v) is 12.9. The van der Waals surface area contributed by atoms with E-state index in [9.17, 15) is 4.79 Å². The van der Waals surface area contributed by atoms with Crippen LogP contribution in [0, 0.1) is 12.3 Å². The SMILES string of the molecule is C#CCCC1(CCNC(=O)c2cccc(Nc3nn[nH]n3)c2)N=N1. The van der Waals surface area contributed by atoms with Crippen LogP contribution in [0.5, 0.6) is 0 Å². The number of hydrogen-bond acceptors (Lipinski definition) is 7. The molecular weight excluding hydrogens is 308 g/mol. The van der Waals surface area contributed by atoms with Crippen molar-refractivity contribution in [3.05, 3.63) is 29.8 Å². The summed E-state index contributed by atoms with van der Waals surface area (Å²) in [5.74, 6) is 2.75. The van der Waals surface area contributed by atoms with Gasteiger partial charge in [-0.05, 0) is 23.4 Å². The third kappa shape index (κ3) is 3.92. The van der Waals surface area contributed by atoms with Crippen molar-refractivity contribution in [2.24, 2.45) is 10.2 Å². The second-order valence-electron chi connectivity index (χ2n) is 5.33. The summed E-state index contributed by atoms with van der Waals surface area (Å²) in [5.41, 5.74) is 0.842. The number of nitrogens with zero attached hydrogens (tertiary/aromatic N) is 5. The highest BCUT2D eigenvalue weighted by Crippen LogP contribution is 2.36. The number of carbonyl (C=O) groups is 1. The molecule has 1 aliphatic rings. The van der Waals surface area contributed by atoms with Crippen LogP contribution in [0.4, 0.5) is 11.6 Å². The number of aromatic nitrogens is 4. The first kappa shape index (κ1) is 15.6. The second kappa shape index (κ2) is 6.87.